The zero-order valence-corrected chi connectivity index (χ0v) is 9.07. The molecule has 0 unspecified atom stereocenters. The molecule has 0 saturated carbocycles. The Bertz CT molecular complexity index is 261. The molecule has 0 saturated heterocycles. The van der Waals surface area contributed by atoms with Crippen molar-refractivity contribution in [1.29, 1.82) is 0 Å². The molecule has 1 aromatic heterocycles. The fraction of sp³-hybridized carbons (Fsp3) is 0.636. The maximum atomic E-state index is 3.42. The van der Waals surface area contributed by atoms with Crippen molar-refractivity contribution in [2.75, 3.05) is 7.05 Å². The summed E-state index contributed by atoms with van der Waals surface area (Å²) in [5.74, 6) is 0.723. The summed E-state index contributed by atoms with van der Waals surface area (Å²) in [6.07, 6.45) is 1.14. The van der Waals surface area contributed by atoms with E-state index in [0.29, 0.717) is 0 Å². The van der Waals surface area contributed by atoms with Gasteiger partial charge in [0.1, 0.15) is 0 Å². The Labute approximate surface area is 80.7 Å². The lowest BCUT2D eigenvalue weighted by Crippen LogP contribution is -2.04. The summed E-state index contributed by atoms with van der Waals surface area (Å²) < 4.78 is 0. The first-order chi connectivity index (χ1) is 6.13. The van der Waals surface area contributed by atoms with Gasteiger partial charge in [-0.05, 0) is 37.9 Å². The molecule has 13 heavy (non-hydrogen) atoms. The number of H-pyrrole nitrogens is 1. The highest BCUT2D eigenvalue weighted by Gasteiger charge is 2.04. The fourth-order valence-electron chi connectivity index (χ4n) is 1.60. The van der Waals surface area contributed by atoms with E-state index < -0.39 is 0 Å². The van der Waals surface area contributed by atoms with Crippen molar-refractivity contribution in [2.45, 2.75) is 33.7 Å². The Morgan fingerprint density at radius 1 is 1.46 bits per heavy atom. The summed E-state index contributed by atoms with van der Waals surface area (Å²) in [6.45, 7) is 7.58. The first-order valence-corrected chi connectivity index (χ1v) is 4.95. The van der Waals surface area contributed by atoms with Crippen LogP contribution in [0.2, 0.25) is 0 Å². The average Bonchev–Trinajstić information content (AvgIpc) is 2.31. The first-order valence-electron chi connectivity index (χ1n) is 4.95. The third-order valence-electron chi connectivity index (χ3n) is 2.17. The second-order valence-electron chi connectivity index (χ2n) is 4.07. The summed E-state index contributed by atoms with van der Waals surface area (Å²) in [5, 5.41) is 3.17. The second kappa shape index (κ2) is 4.47. The van der Waals surface area contributed by atoms with Gasteiger partial charge in [-0.3, -0.25) is 0 Å². The molecule has 2 N–H and O–H groups in total. The predicted octanol–water partition coefficient (Wildman–Crippen LogP) is 2.24. The molecule has 0 fully saturated rings. The van der Waals surface area contributed by atoms with E-state index in [1.807, 2.05) is 7.05 Å². The van der Waals surface area contributed by atoms with Crippen LogP contribution in [0.15, 0.2) is 6.07 Å². The van der Waals surface area contributed by atoms with Gasteiger partial charge in [-0.2, -0.15) is 0 Å². The Balaban J connectivity index is 2.70. The van der Waals surface area contributed by atoms with E-state index in [0.717, 1.165) is 18.9 Å². The minimum Gasteiger partial charge on any atom is -0.362 e. The third-order valence-corrected chi connectivity index (χ3v) is 2.17. The molecule has 0 aliphatic heterocycles. The van der Waals surface area contributed by atoms with E-state index in [2.05, 4.69) is 37.1 Å². The number of hydrogen-bond donors (Lipinski definition) is 2. The normalized spacial score (nSPS) is 11.2. The monoisotopic (exact) mass is 180 g/mol. The van der Waals surface area contributed by atoms with Crippen LogP contribution in [0.4, 0.5) is 0 Å². The molecule has 0 atom stereocenters. The largest absolute Gasteiger partial charge is 0.362 e. The standard InChI is InChI=1S/C11H20N2/c1-8(2)5-11-6-10(7-12-4)9(3)13-11/h6,8,12-13H,5,7H2,1-4H3. The van der Waals surface area contributed by atoms with Crippen molar-refractivity contribution in [3.05, 3.63) is 23.0 Å². The maximum Gasteiger partial charge on any atom is 0.0220 e. The van der Waals surface area contributed by atoms with Gasteiger partial charge in [0.15, 0.2) is 0 Å². The van der Waals surface area contributed by atoms with Crippen LogP contribution in [0.1, 0.15) is 30.8 Å². The van der Waals surface area contributed by atoms with E-state index in [1.165, 1.54) is 17.0 Å². The van der Waals surface area contributed by atoms with Gasteiger partial charge in [-0.15, -0.1) is 0 Å². The molecule has 0 aromatic carbocycles. The highest BCUT2D eigenvalue weighted by Crippen LogP contribution is 2.13. The van der Waals surface area contributed by atoms with Crippen molar-refractivity contribution in [3.8, 4) is 0 Å². The van der Waals surface area contributed by atoms with Gasteiger partial charge in [-0.25, -0.2) is 0 Å². The van der Waals surface area contributed by atoms with Crippen molar-refractivity contribution < 1.29 is 0 Å². The predicted molar refractivity (Wildman–Crippen MR) is 56.8 cm³/mol. The molecule has 0 radical (unpaired) electrons. The van der Waals surface area contributed by atoms with Gasteiger partial charge in [0.25, 0.3) is 0 Å². The van der Waals surface area contributed by atoms with Crippen LogP contribution in [0.25, 0.3) is 0 Å². The molecule has 0 amide bonds. The van der Waals surface area contributed by atoms with Gasteiger partial charge >= 0.3 is 0 Å². The molecular weight excluding hydrogens is 160 g/mol. The van der Waals surface area contributed by atoms with Crippen LogP contribution in [-0.2, 0) is 13.0 Å². The minimum absolute atomic E-state index is 0.723. The van der Waals surface area contributed by atoms with Gasteiger partial charge in [0.2, 0.25) is 0 Å². The zero-order valence-electron chi connectivity index (χ0n) is 9.07. The molecule has 2 heteroatoms. The summed E-state index contributed by atoms with van der Waals surface area (Å²) in [7, 11) is 1.98. The number of aromatic amines is 1. The van der Waals surface area contributed by atoms with Crippen LogP contribution < -0.4 is 5.32 Å². The molecule has 1 rings (SSSR count). The molecule has 1 heterocycles. The third kappa shape index (κ3) is 2.88. The molecule has 1 aromatic rings. The number of rotatable bonds is 4. The molecule has 2 nitrogen and oxygen atoms in total. The van der Waals surface area contributed by atoms with Gasteiger partial charge in [0.05, 0.1) is 0 Å². The molecule has 74 valence electrons. The minimum atomic E-state index is 0.723. The van der Waals surface area contributed by atoms with E-state index in [9.17, 15) is 0 Å². The lowest BCUT2D eigenvalue weighted by Gasteiger charge is -2.00. The fourth-order valence-corrected chi connectivity index (χ4v) is 1.60. The van der Waals surface area contributed by atoms with Crippen LogP contribution in [0, 0.1) is 12.8 Å². The van der Waals surface area contributed by atoms with Crippen LogP contribution in [-0.4, -0.2) is 12.0 Å². The molecular formula is C11H20N2. The highest BCUT2D eigenvalue weighted by molar-refractivity contribution is 5.25. The number of aryl methyl sites for hydroxylation is 1. The topological polar surface area (TPSA) is 27.8 Å². The number of aromatic nitrogens is 1. The summed E-state index contributed by atoms with van der Waals surface area (Å²) >= 11 is 0. The number of nitrogens with one attached hydrogen (secondary N) is 2. The van der Waals surface area contributed by atoms with Crippen LogP contribution >= 0.6 is 0 Å². The molecule has 0 aliphatic carbocycles. The average molecular weight is 180 g/mol. The van der Waals surface area contributed by atoms with Crippen molar-refractivity contribution >= 4 is 0 Å². The van der Waals surface area contributed by atoms with Crippen molar-refractivity contribution in [1.82, 2.24) is 10.3 Å². The lowest BCUT2D eigenvalue weighted by molar-refractivity contribution is 0.637. The van der Waals surface area contributed by atoms with E-state index in [4.69, 9.17) is 0 Å². The SMILES string of the molecule is CNCc1cc(CC(C)C)[nH]c1C. The Kier molecular flexibility index (Phi) is 3.55. The van der Waals surface area contributed by atoms with Crippen LogP contribution in [0.3, 0.4) is 0 Å². The van der Waals surface area contributed by atoms with E-state index in [1.54, 1.807) is 0 Å². The van der Waals surface area contributed by atoms with Gasteiger partial charge < -0.3 is 10.3 Å². The van der Waals surface area contributed by atoms with E-state index >= 15 is 0 Å². The zero-order chi connectivity index (χ0) is 9.84. The highest BCUT2D eigenvalue weighted by atomic mass is 14.8. The maximum absolute atomic E-state index is 3.42. The van der Waals surface area contributed by atoms with E-state index in [-0.39, 0.29) is 0 Å². The lowest BCUT2D eigenvalue weighted by atomic mass is 10.1. The molecule has 0 aliphatic rings. The summed E-state index contributed by atoms with van der Waals surface area (Å²) in [4.78, 5) is 3.42. The Hall–Kier alpha value is -0.760. The summed E-state index contributed by atoms with van der Waals surface area (Å²) in [5.41, 5.74) is 4.04. The summed E-state index contributed by atoms with van der Waals surface area (Å²) in [6, 6.07) is 2.27. The van der Waals surface area contributed by atoms with Crippen LogP contribution in [0.5, 0.6) is 0 Å². The van der Waals surface area contributed by atoms with Gasteiger partial charge in [-0.1, -0.05) is 13.8 Å². The van der Waals surface area contributed by atoms with Gasteiger partial charge in [0, 0.05) is 17.9 Å². The molecule has 0 bridgehead atoms. The van der Waals surface area contributed by atoms with Crippen molar-refractivity contribution in [3.63, 3.8) is 0 Å². The second-order valence-corrected chi connectivity index (χ2v) is 4.07. The number of hydrogen-bond acceptors (Lipinski definition) is 1. The van der Waals surface area contributed by atoms with Crippen molar-refractivity contribution in [2.24, 2.45) is 5.92 Å². The first kappa shape index (κ1) is 10.3. The quantitative estimate of drug-likeness (QED) is 0.730. The Morgan fingerprint density at radius 3 is 2.69 bits per heavy atom. The smallest absolute Gasteiger partial charge is 0.0220 e. The molecule has 0 spiro atoms. The Morgan fingerprint density at radius 2 is 2.15 bits per heavy atom.